The average Bonchev–Trinajstić information content (AvgIpc) is 2.62. The molecule has 0 atom stereocenters. The van der Waals surface area contributed by atoms with Crippen LogP contribution in [-0.4, -0.2) is 14.2 Å². The van der Waals surface area contributed by atoms with E-state index in [0.717, 1.165) is 0 Å². The van der Waals surface area contributed by atoms with Crippen molar-refractivity contribution in [1.29, 1.82) is 0 Å². The Labute approximate surface area is 119 Å². The molecule has 5 heteroatoms. The van der Waals surface area contributed by atoms with Crippen LogP contribution in [0.3, 0.4) is 0 Å². The molecule has 0 unspecified atom stereocenters. The second kappa shape index (κ2) is 4.94. The molecule has 21 heavy (non-hydrogen) atoms. The van der Waals surface area contributed by atoms with Gasteiger partial charge in [-0.1, -0.05) is 0 Å². The van der Waals surface area contributed by atoms with E-state index in [-0.39, 0.29) is 0 Å². The molecule has 106 valence electrons. The van der Waals surface area contributed by atoms with Gasteiger partial charge in [-0.25, -0.2) is 9.59 Å². The molecule has 1 aromatic heterocycles. The molecule has 0 aliphatic rings. The summed E-state index contributed by atoms with van der Waals surface area (Å²) in [5.41, 5.74) is -1.38. The zero-order chi connectivity index (χ0) is 15.0. The molecule has 0 aliphatic heterocycles. The van der Waals surface area contributed by atoms with Crippen LogP contribution in [0, 0.1) is 0 Å². The Hall–Kier alpha value is -2.82. The second-order valence-corrected chi connectivity index (χ2v) is 4.50. The third-order valence-electron chi connectivity index (χ3n) is 3.37. The van der Waals surface area contributed by atoms with Gasteiger partial charge >= 0.3 is 11.3 Å². The Bertz CT molecular complexity index is 879. The van der Waals surface area contributed by atoms with Crippen molar-refractivity contribution in [1.82, 2.24) is 0 Å². The summed E-state index contributed by atoms with van der Waals surface area (Å²) in [5, 5.41) is 1.85. The highest BCUT2D eigenvalue weighted by Gasteiger charge is 2.09. The Morgan fingerprint density at radius 1 is 0.714 bits per heavy atom. The fourth-order valence-corrected chi connectivity index (χ4v) is 2.30. The normalized spacial score (nSPS) is 10.8. The zero-order valence-corrected chi connectivity index (χ0v) is 11.5. The molecule has 3 rings (SSSR count). The third kappa shape index (κ3) is 2.12. The van der Waals surface area contributed by atoms with Crippen LogP contribution >= 0.6 is 0 Å². The lowest BCUT2D eigenvalue weighted by Gasteiger charge is -2.02. The van der Waals surface area contributed by atoms with Crippen molar-refractivity contribution in [2.24, 2.45) is 0 Å². The first-order chi connectivity index (χ1) is 10.1. The van der Waals surface area contributed by atoms with Crippen LogP contribution in [0.25, 0.3) is 21.5 Å². The minimum Gasteiger partial charge on any atom is -0.497 e. The zero-order valence-electron chi connectivity index (χ0n) is 11.5. The van der Waals surface area contributed by atoms with Crippen molar-refractivity contribution >= 4 is 21.5 Å². The molecule has 0 spiro atoms. The summed E-state index contributed by atoms with van der Waals surface area (Å²) < 4.78 is 15.1. The summed E-state index contributed by atoms with van der Waals surface area (Å²) in [6, 6.07) is 10.1. The lowest BCUT2D eigenvalue weighted by atomic mass is 10.1. The van der Waals surface area contributed by atoms with E-state index in [1.54, 1.807) is 36.4 Å². The summed E-state index contributed by atoms with van der Waals surface area (Å²) in [5.74, 6) is 1.05. The van der Waals surface area contributed by atoms with Gasteiger partial charge in [-0.3, -0.25) is 0 Å². The number of fused-ring (bicyclic) bond motifs is 3. The van der Waals surface area contributed by atoms with Crippen molar-refractivity contribution in [3.8, 4) is 11.5 Å². The molecule has 0 saturated heterocycles. The Balaban J connectivity index is 2.59. The number of hydrogen-bond acceptors (Lipinski definition) is 5. The highest BCUT2D eigenvalue weighted by molar-refractivity contribution is 6.05. The van der Waals surface area contributed by atoms with Crippen LogP contribution in [0.15, 0.2) is 50.4 Å². The molecule has 0 N–H and O–H groups in total. The Morgan fingerprint density at radius 3 is 1.52 bits per heavy atom. The van der Waals surface area contributed by atoms with Gasteiger partial charge in [0.1, 0.15) is 11.5 Å². The molecule has 0 saturated carbocycles. The smallest absolute Gasteiger partial charge is 0.346 e. The van der Waals surface area contributed by atoms with Crippen LogP contribution in [0.5, 0.6) is 11.5 Å². The first-order valence-electron chi connectivity index (χ1n) is 6.27. The van der Waals surface area contributed by atoms with Crippen molar-refractivity contribution < 1.29 is 13.9 Å². The van der Waals surface area contributed by atoms with Crippen LogP contribution in [0.2, 0.25) is 0 Å². The van der Waals surface area contributed by atoms with Crippen LogP contribution < -0.4 is 20.7 Å². The van der Waals surface area contributed by atoms with Gasteiger partial charge < -0.3 is 13.9 Å². The van der Waals surface area contributed by atoms with E-state index in [1.807, 2.05) is 0 Å². The lowest BCUT2D eigenvalue weighted by Crippen LogP contribution is -2.04. The third-order valence-corrected chi connectivity index (χ3v) is 3.37. The summed E-state index contributed by atoms with van der Waals surface area (Å²) in [6.45, 7) is 0. The highest BCUT2D eigenvalue weighted by atomic mass is 16.5. The largest absolute Gasteiger partial charge is 0.497 e. The topological polar surface area (TPSA) is 65.7 Å². The molecule has 2 aromatic carbocycles. The standard InChI is InChI=1S/C16H12O5/c1-19-9-3-5-11-12-6-4-10(20-2)8-14(12)16(18)21-15(17)13(11)7-9/h3-8H,1-2H3. The molecule has 1 heterocycles. The van der Waals surface area contributed by atoms with Crippen LogP contribution in [-0.2, 0) is 0 Å². The van der Waals surface area contributed by atoms with E-state index in [1.165, 1.54) is 14.2 Å². The van der Waals surface area contributed by atoms with Gasteiger partial charge in [-0.15, -0.1) is 0 Å². The maximum absolute atomic E-state index is 12.1. The second-order valence-electron chi connectivity index (χ2n) is 4.50. The lowest BCUT2D eigenvalue weighted by molar-refractivity contribution is 0.415. The number of hydrogen-bond donors (Lipinski definition) is 0. The first-order valence-corrected chi connectivity index (χ1v) is 6.27. The Kier molecular flexibility index (Phi) is 3.10. The highest BCUT2D eigenvalue weighted by Crippen LogP contribution is 2.26. The summed E-state index contributed by atoms with van der Waals surface area (Å²) in [6.07, 6.45) is 0. The molecule has 0 radical (unpaired) electrons. The van der Waals surface area contributed by atoms with E-state index < -0.39 is 11.3 Å². The average molecular weight is 284 g/mol. The van der Waals surface area contributed by atoms with Gasteiger partial charge in [0, 0.05) is 0 Å². The van der Waals surface area contributed by atoms with Crippen LogP contribution in [0.1, 0.15) is 0 Å². The maximum atomic E-state index is 12.1. The molecule has 3 aromatic rings. The number of rotatable bonds is 2. The van der Waals surface area contributed by atoms with E-state index in [2.05, 4.69) is 0 Å². The van der Waals surface area contributed by atoms with Crippen molar-refractivity contribution in [2.75, 3.05) is 14.2 Å². The van der Waals surface area contributed by atoms with Gasteiger partial charge in [0.2, 0.25) is 0 Å². The van der Waals surface area contributed by atoms with Gasteiger partial charge in [-0.2, -0.15) is 0 Å². The quantitative estimate of drug-likeness (QED) is 0.722. The van der Waals surface area contributed by atoms with E-state index >= 15 is 0 Å². The fraction of sp³-hybridized carbons (Fsp3) is 0.125. The van der Waals surface area contributed by atoms with E-state index in [0.29, 0.717) is 33.0 Å². The maximum Gasteiger partial charge on any atom is 0.346 e. The molecule has 0 amide bonds. The minimum atomic E-state index is -0.691. The van der Waals surface area contributed by atoms with E-state index in [9.17, 15) is 9.59 Å². The van der Waals surface area contributed by atoms with Crippen LogP contribution in [0.4, 0.5) is 0 Å². The molecular weight excluding hydrogens is 272 g/mol. The fourth-order valence-electron chi connectivity index (χ4n) is 2.30. The van der Waals surface area contributed by atoms with Gasteiger partial charge in [0.25, 0.3) is 0 Å². The van der Waals surface area contributed by atoms with Crippen molar-refractivity contribution in [3.63, 3.8) is 0 Å². The molecule has 0 bridgehead atoms. The first kappa shape index (κ1) is 13.2. The van der Waals surface area contributed by atoms with Gasteiger partial charge in [-0.05, 0) is 47.2 Å². The molecule has 0 fully saturated rings. The molecule has 0 aliphatic carbocycles. The van der Waals surface area contributed by atoms with Crippen molar-refractivity contribution in [3.05, 3.63) is 57.2 Å². The monoisotopic (exact) mass is 284 g/mol. The predicted molar refractivity (Wildman–Crippen MR) is 79.4 cm³/mol. The van der Waals surface area contributed by atoms with E-state index in [4.69, 9.17) is 13.9 Å². The summed E-state index contributed by atoms with van der Waals surface area (Å²) in [4.78, 5) is 24.2. The SMILES string of the molecule is COc1ccc2c(c1)c(=O)oc(=O)c1cc(OC)ccc12. The minimum absolute atomic E-state index is 0.298. The van der Waals surface area contributed by atoms with Crippen molar-refractivity contribution in [2.45, 2.75) is 0 Å². The molecular formula is C16H12O5. The number of methoxy groups -OCH3 is 2. The van der Waals surface area contributed by atoms with Gasteiger partial charge in [0.15, 0.2) is 0 Å². The summed E-state index contributed by atoms with van der Waals surface area (Å²) in [7, 11) is 3.02. The molecule has 5 nitrogen and oxygen atoms in total. The number of benzene rings is 2. The van der Waals surface area contributed by atoms with Gasteiger partial charge in [0.05, 0.1) is 25.0 Å². The predicted octanol–water partition coefficient (Wildman–Crippen LogP) is 2.32. The number of ether oxygens (including phenoxy) is 2. The Morgan fingerprint density at radius 2 is 1.14 bits per heavy atom. The summed E-state index contributed by atoms with van der Waals surface area (Å²) >= 11 is 0.